The summed E-state index contributed by atoms with van der Waals surface area (Å²) < 4.78 is 7.09. The van der Waals surface area contributed by atoms with Crippen molar-refractivity contribution in [3.05, 3.63) is 95.0 Å². The largest absolute Gasteiger partial charge is 0.488 e. The van der Waals surface area contributed by atoms with Gasteiger partial charge in [-0.05, 0) is 41.5 Å². The molecule has 27 heavy (non-hydrogen) atoms. The Labute approximate surface area is 166 Å². The SMILES string of the molecule is Brc1ccc(-c2cc(-c3ccccc3)c3c(n2)-c2ccccc2OC3)cc1. The van der Waals surface area contributed by atoms with E-state index in [-0.39, 0.29) is 0 Å². The molecule has 0 saturated heterocycles. The van der Waals surface area contributed by atoms with Gasteiger partial charge in [-0.3, -0.25) is 0 Å². The number of aromatic nitrogens is 1. The number of halogens is 1. The van der Waals surface area contributed by atoms with E-state index in [1.54, 1.807) is 0 Å². The van der Waals surface area contributed by atoms with Crippen molar-refractivity contribution in [2.45, 2.75) is 6.61 Å². The molecule has 0 fully saturated rings. The van der Waals surface area contributed by atoms with E-state index < -0.39 is 0 Å². The second-order valence-corrected chi connectivity index (χ2v) is 7.46. The zero-order chi connectivity index (χ0) is 18.2. The van der Waals surface area contributed by atoms with Crippen LogP contribution in [0.15, 0.2) is 89.4 Å². The predicted octanol–water partition coefficient (Wildman–Crippen LogP) is 6.74. The molecule has 4 aromatic rings. The van der Waals surface area contributed by atoms with Crippen molar-refractivity contribution in [1.29, 1.82) is 0 Å². The first-order valence-electron chi connectivity index (χ1n) is 8.87. The minimum absolute atomic E-state index is 0.532. The van der Waals surface area contributed by atoms with E-state index >= 15 is 0 Å². The van der Waals surface area contributed by atoms with E-state index in [0.717, 1.165) is 38.3 Å². The van der Waals surface area contributed by atoms with E-state index in [1.807, 2.05) is 24.3 Å². The molecule has 3 heteroatoms. The van der Waals surface area contributed by atoms with E-state index in [0.29, 0.717) is 6.61 Å². The molecule has 3 aromatic carbocycles. The summed E-state index contributed by atoms with van der Waals surface area (Å²) in [6, 6.07) is 29.1. The highest BCUT2D eigenvalue weighted by atomic mass is 79.9. The van der Waals surface area contributed by atoms with Crippen LogP contribution in [-0.4, -0.2) is 4.98 Å². The highest BCUT2D eigenvalue weighted by molar-refractivity contribution is 9.10. The highest BCUT2D eigenvalue weighted by Gasteiger charge is 2.23. The smallest absolute Gasteiger partial charge is 0.129 e. The maximum absolute atomic E-state index is 6.03. The number of rotatable bonds is 2. The van der Waals surface area contributed by atoms with Crippen LogP contribution in [0.4, 0.5) is 0 Å². The summed E-state index contributed by atoms with van der Waals surface area (Å²) in [5.41, 5.74) is 7.62. The topological polar surface area (TPSA) is 22.1 Å². The van der Waals surface area contributed by atoms with Crippen molar-refractivity contribution in [3.63, 3.8) is 0 Å². The molecule has 5 rings (SSSR count). The Bertz CT molecular complexity index is 1100. The third-order valence-electron chi connectivity index (χ3n) is 4.86. The summed E-state index contributed by atoms with van der Waals surface area (Å²) in [5.74, 6) is 0.893. The van der Waals surface area contributed by atoms with Crippen LogP contribution in [0.1, 0.15) is 5.56 Å². The number of ether oxygens (including phenoxy) is 1. The van der Waals surface area contributed by atoms with Gasteiger partial charge in [-0.2, -0.15) is 0 Å². The molecule has 1 aromatic heterocycles. The minimum Gasteiger partial charge on any atom is -0.488 e. The van der Waals surface area contributed by atoms with Gasteiger partial charge in [-0.15, -0.1) is 0 Å². The lowest BCUT2D eigenvalue weighted by molar-refractivity contribution is 0.302. The second-order valence-electron chi connectivity index (χ2n) is 6.54. The molecule has 0 unspecified atom stereocenters. The van der Waals surface area contributed by atoms with Gasteiger partial charge >= 0.3 is 0 Å². The van der Waals surface area contributed by atoms with Gasteiger partial charge in [0, 0.05) is 21.2 Å². The quantitative estimate of drug-likeness (QED) is 0.363. The zero-order valence-corrected chi connectivity index (χ0v) is 16.1. The van der Waals surface area contributed by atoms with Crippen molar-refractivity contribution in [1.82, 2.24) is 4.98 Å². The molecule has 130 valence electrons. The average molecular weight is 414 g/mol. The predicted molar refractivity (Wildman–Crippen MR) is 113 cm³/mol. The van der Waals surface area contributed by atoms with Gasteiger partial charge in [0.25, 0.3) is 0 Å². The summed E-state index contributed by atoms with van der Waals surface area (Å²) in [6.07, 6.45) is 0. The first kappa shape index (κ1) is 16.3. The Morgan fingerprint density at radius 3 is 2.30 bits per heavy atom. The zero-order valence-electron chi connectivity index (χ0n) is 14.5. The molecule has 2 heterocycles. The third kappa shape index (κ3) is 2.94. The summed E-state index contributed by atoms with van der Waals surface area (Å²) in [5, 5.41) is 0. The molecule has 0 radical (unpaired) electrons. The summed E-state index contributed by atoms with van der Waals surface area (Å²) in [4.78, 5) is 5.05. The number of hydrogen-bond donors (Lipinski definition) is 0. The van der Waals surface area contributed by atoms with Gasteiger partial charge in [0.15, 0.2) is 0 Å². The summed E-state index contributed by atoms with van der Waals surface area (Å²) in [7, 11) is 0. The minimum atomic E-state index is 0.532. The van der Waals surface area contributed by atoms with E-state index in [4.69, 9.17) is 9.72 Å². The number of pyridine rings is 1. The molecule has 0 atom stereocenters. The van der Waals surface area contributed by atoms with Crippen molar-refractivity contribution in [2.24, 2.45) is 0 Å². The molecule has 0 amide bonds. The van der Waals surface area contributed by atoms with Crippen LogP contribution in [0, 0.1) is 0 Å². The Balaban J connectivity index is 1.79. The number of nitrogens with zero attached hydrogens (tertiary/aromatic N) is 1. The Kier molecular flexibility index (Phi) is 4.02. The Morgan fingerprint density at radius 1 is 0.741 bits per heavy atom. The van der Waals surface area contributed by atoms with Crippen LogP contribution in [0.2, 0.25) is 0 Å². The average Bonchev–Trinajstić information content (AvgIpc) is 2.74. The monoisotopic (exact) mass is 413 g/mol. The van der Waals surface area contributed by atoms with E-state index in [2.05, 4.69) is 76.6 Å². The molecule has 1 aliphatic heterocycles. The normalized spacial score (nSPS) is 12.0. The molecule has 0 N–H and O–H groups in total. The fourth-order valence-electron chi connectivity index (χ4n) is 3.52. The molecule has 0 saturated carbocycles. The van der Waals surface area contributed by atoms with E-state index in [9.17, 15) is 0 Å². The van der Waals surface area contributed by atoms with Gasteiger partial charge in [0.1, 0.15) is 12.4 Å². The number of hydrogen-bond acceptors (Lipinski definition) is 2. The molecule has 2 nitrogen and oxygen atoms in total. The third-order valence-corrected chi connectivity index (χ3v) is 5.39. The van der Waals surface area contributed by atoms with Gasteiger partial charge in [-0.1, -0.05) is 70.5 Å². The van der Waals surface area contributed by atoms with Crippen molar-refractivity contribution >= 4 is 15.9 Å². The lowest BCUT2D eigenvalue weighted by atomic mass is 9.92. The maximum atomic E-state index is 6.03. The second kappa shape index (κ2) is 6.67. The van der Waals surface area contributed by atoms with Gasteiger partial charge < -0.3 is 4.74 Å². The summed E-state index contributed by atoms with van der Waals surface area (Å²) in [6.45, 7) is 0.532. The maximum Gasteiger partial charge on any atom is 0.129 e. The molecular formula is C24H16BrNO. The first-order chi connectivity index (χ1) is 13.3. The summed E-state index contributed by atoms with van der Waals surface area (Å²) >= 11 is 3.51. The van der Waals surface area contributed by atoms with E-state index in [1.165, 1.54) is 11.1 Å². The van der Waals surface area contributed by atoms with Gasteiger partial charge in [-0.25, -0.2) is 4.98 Å². The first-order valence-corrected chi connectivity index (χ1v) is 9.66. The molecular weight excluding hydrogens is 398 g/mol. The van der Waals surface area contributed by atoms with Crippen LogP contribution in [0.25, 0.3) is 33.6 Å². The highest BCUT2D eigenvalue weighted by Crippen LogP contribution is 2.41. The molecule has 1 aliphatic rings. The van der Waals surface area contributed by atoms with Crippen molar-refractivity contribution < 1.29 is 4.74 Å². The molecule has 0 spiro atoms. The van der Waals surface area contributed by atoms with Crippen LogP contribution in [0.3, 0.4) is 0 Å². The molecule has 0 bridgehead atoms. The van der Waals surface area contributed by atoms with Crippen LogP contribution < -0.4 is 4.74 Å². The number of benzene rings is 3. The van der Waals surface area contributed by atoms with Crippen molar-refractivity contribution in [3.8, 4) is 39.4 Å². The number of para-hydroxylation sites is 1. The standard InChI is InChI=1S/C24H16BrNO/c25-18-12-10-17(11-13-18)22-14-20(16-6-2-1-3-7-16)21-15-27-23-9-5-4-8-19(23)24(21)26-22/h1-14H,15H2. The molecule has 0 aliphatic carbocycles. The fraction of sp³-hybridized carbons (Fsp3) is 0.0417. The van der Waals surface area contributed by atoms with Gasteiger partial charge in [0.05, 0.1) is 11.4 Å². The van der Waals surface area contributed by atoms with Gasteiger partial charge in [0.2, 0.25) is 0 Å². The van der Waals surface area contributed by atoms with Crippen molar-refractivity contribution in [2.75, 3.05) is 0 Å². The van der Waals surface area contributed by atoms with Crippen LogP contribution >= 0.6 is 15.9 Å². The van der Waals surface area contributed by atoms with Crippen LogP contribution in [-0.2, 0) is 6.61 Å². The Hall–Kier alpha value is -2.91. The fourth-order valence-corrected chi connectivity index (χ4v) is 3.79. The Morgan fingerprint density at radius 2 is 1.48 bits per heavy atom. The lowest BCUT2D eigenvalue weighted by Crippen LogP contribution is -2.09. The number of fused-ring (bicyclic) bond motifs is 3. The lowest BCUT2D eigenvalue weighted by Gasteiger charge is -2.23. The van der Waals surface area contributed by atoms with Crippen LogP contribution in [0.5, 0.6) is 5.75 Å².